The summed E-state index contributed by atoms with van der Waals surface area (Å²) in [5.74, 6) is -1.33. The number of rotatable bonds is 26. The van der Waals surface area contributed by atoms with E-state index in [2.05, 4.69) is 42.5 Å². The van der Waals surface area contributed by atoms with Gasteiger partial charge in [0.1, 0.15) is 45.9 Å². The first kappa shape index (κ1) is 103. The number of carbonyl (C=O) groups excluding carboxylic acids is 4. The molecule has 0 aliphatic heterocycles. The van der Waals surface area contributed by atoms with Crippen molar-refractivity contribution in [3.05, 3.63) is 319 Å². The van der Waals surface area contributed by atoms with E-state index < -0.39 is 104 Å². The third kappa shape index (κ3) is 24.1. The first-order chi connectivity index (χ1) is 68.1. The number of hydrogen-bond acceptors (Lipinski definition) is 25. The highest BCUT2D eigenvalue weighted by molar-refractivity contribution is 7.93. The second-order valence-electron chi connectivity index (χ2n) is 31.9. The summed E-state index contributed by atoms with van der Waals surface area (Å²) in [6.45, 7) is 4.16. The summed E-state index contributed by atoms with van der Waals surface area (Å²) in [7, 11) is -9.85. The third-order valence-electron chi connectivity index (χ3n) is 22.3. The number of anilines is 8. The van der Waals surface area contributed by atoms with Gasteiger partial charge in [0.25, 0.3) is 62.3 Å². The first-order valence-corrected chi connectivity index (χ1v) is 53.4. The Morgan fingerprint density at radius 3 is 1.03 bits per heavy atom. The molecule has 2 aliphatic rings. The minimum absolute atomic E-state index is 0.0591. The van der Waals surface area contributed by atoms with Crippen molar-refractivity contribution in [1.82, 2.24) is 37.2 Å². The highest BCUT2D eigenvalue weighted by Crippen LogP contribution is 2.45. The Labute approximate surface area is 844 Å². The molecule has 8 amide bonds. The number of sulfonamides is 4. The highest BCUT2D eigenvalue weighted by Gasteiger charge is 2.31. The van der Waals surface area contributed by atoms with E-state index in [1.165, 1.54) is 103 Å². The van der Waals surface area contributed by atoms with Gasteiger partial charge >= 0.3 is 24.1 Å². The van der Waals surface area contributed by atoms with Gasteiger partial charge in [-0.05, 0) is 277 Å². The van der Waals surface area contributed by atoms with Crippen molar-refractivity contribution in [1.29, 1.82) is 0 Å². The maximum absolute atomic E-state index is 14.4. The number of nitrogens with zero attached hydrogens (tertiary/aromatic N) is 4. The summed E-state index contributed by atoms with van der Waals surface area (Å²) in [5.41, 5.74) is 4.35. The molecule has 8 aromatic carbocycles. The molecule has 0 atom stereocenters. The zero-order chi connectivity index (χ0) is 102. The van der Waals surface area contributed by atoms with Crippen molar-refractivity contribution >= 4 is 233 Å². The molecule has 12 N–H and O–H groups in total. The van der Waals surface area contributed by atoms with E-state index in [0.717, 1.165) is 81.5 Å². The van der Waals surface area contributed by atoms with Crippen molar-refractivity contribution in [3.8, 4) is 28.5 Å². The Hall–Kier alpha value is -14.1. The standard InChI is InChI=1S/C25H22ClFN4O5S2.C24H20ClFN4O4S2.C23H20ClFN4O4S2.C23H21FN4O4S2/c1-28-20-10-15-8-9-31(24(32)17(15)12-18(20)27)16-4-5-19(21(11-16)36-13-14-2-3-14)29-25(33)30-38(34,35)23-7-6-22(26)37-23;1-27-20-10-14-8-9-30(23(31)17(14)12-18(20)26)15-4-5-19(16(11-15)13-2-3-13)28-24(32)29-36(33,34)22-7-6-21(25)35-22;1-3-13-10-15(29-9-8-14-11-19(26-2)17(25)12-16(14)22(29)30)4-5-18(13)27-23(31)28-35(32,33)21-7-6-20(24)34-21;1-3-17-8-9-21(33-17)34(31,32)27-23(30)26-15-4-6-16(7-5-15)28-11-10-14-12-20(25-2)19(24)13-18(14)22(28)29/h4-12,14,28H,2-3,13H2,1H3,(H2,29,30,33);4-13,27H,2-3H2,1H3,(H2,28,29,32);4-12,26H,3H2,1-2H3,(H2,27,28,31);4-13,25H,3H2,1-2H3,(H2,26,27,30). The van der Waals surface area contributed by atoms with Crippen LogP contribution in [0.5, 0.6) is 5.75 Å². The Morgan fingerprint density at radius 2 is 0.685 bits per heavy atom. The van der Waals surface area contributed by atoms with Crippen LogP contribution in [0.2, 0.25) is 13.0 Å². The average Bonchev–Trinajstić information content (AvgIpc) is 1.75. The van der Waals surface area contributed by atoms with Crippen molar-refractivity contribution in [3.63, 3.8) is 0 Å². The van der Waals surface area contributed by atoms with Crippen LogP contribution in [0.15, 0.2) is 261 Å². The monoisotopic (exact) mass is 2160 g/mol. The molecule has 2 aliphatic carbocycles. The van der Waals surface area contributed by atoms with E-state index in [-0.39, 0.29) is 80.0 Å². The number of ether oxygens (including phenoxy) is 1. The molecular formula is C95H83Cl3F4N16O17S8. The Morgan fingerprint density at radius 1 is 0.357 bits per heavy atom. The number of hydrogen-bond donors (Lipinski definition) is 12. The van der Waals surface area contributed by atoms with E-state index in [0.29, 0.717) is 109 Å². The summed E-state index contributed by atoms with van der Waals surface area (Å²) < 4.78 is 176. The maximum atomic E-state index is 14.4. The second kappa shape index (κ2) is 43.4. The van der Waals surface area contributed by atoms with Crippen molar-refractivity contribution in [2.75, 3.05) is 77.3 Å². The Balaban J connectivity index is 0.000000144. The molecule has 143 heavy (non-hydrogen) atoms. The third-order valence-corrected chi connectivity index (χ3v) is 34.5. The number of amides is 8. The van der Waals surface area contributed by atoms with Gasteiger partial charge in [-0.3, -0.25) is 37.4 Å². The molecule has 48 heteroatoms. The van der Waals surface area contributed by atoms with Gasteiger partial charge in [0, 0.05) is 98.0 Å². The van der Waals surface area contributed by atoms with E-state index in [4.69, 9.17) is 39.5 Å². The summed E-state index contributed by atoms with van der Waals surface area (Å²) >= 11 is 21.0. The SMILES string of the molecule is CCc1cc(-n2ccc3cc(NC)c(F)cc3c2=O)ccc1NC(=O)NS(=O)(=O)c1ccc(Cl)s1.CCc1ccc(S(=O)(=O)NC(=O)Nc2ccc(-n3ccc4cc(NC)c(F)cc4c3=O)cc2)s1.CNc1cc2ccn(-c3ccc(NC(=O)NS(=O)(=O)c4ccc(Cl)s4)c(C4CC4)c3)c(=O)c2cc1F.CNc1cc2ccn(-c3ccc(NC(=O)NS(=O)(=O)c4ccc(Cl)s4)c(OCC4CC4)c3)c(=O)c2cc1F. The van der Waals surface area contributed by atoms with E-state index in [1.54, 1.807) is 168 Å². The molecule has 8 aromatic heterocycles. The van der Waals surface area contributed by atoms with Gasteiger partial charge in [-0.15, -0.1) is 45.3 Å². The Bertz CT molecular complexity index is 8510. The van der Waals surface area contributed by atoms with Gasteiger partial charge in [-0.1, -0.05) is 48.7 Å². The summed E-state index contributed by atoms with van der Waals surface area (Å²) in [6.07, 6.45) is 11.4. The van der Waals surface area contributed by atoms with Crippen LogP contribution in [-0.2, 0) is 52.9 Å². The van der Waals surface area contributed by atoms with Crippen LogP contribution in [0, 0.1) is 29.2 Å². The minimum Gasteiger partial charge on any atom is -0.491 e. The quantitative estimate of drug-likeness (QED) is 0.0224. The van der Waals surface area contributed by atoms with Crippen LogP contribution in [-0.4, -0.2) is 111 Å². The number of benzene rings is 8. The van der Waals surface area contributed by atoms with Crippen molar-refractivity contribution in [2.24, 2.45) is 5.92 Å². The van der Waals surface area contributed by atoms with Gasteiger partial charge in [0.05, 0.1) is 75.3 Å². The lowest BCUT2D eigenvalue weighted by Crippen LogP contribution is -2.34. The molecule has 18 rings (SSSR count). The number of nitrogens with one attached hydrogen (secondary N) is 12. The first-order valence-electron chi connectivity index (χ1n) is 43.1. The van der Waals surface area contributed by atoms with Gasteiger partial charge in [0.15, 0.2) is 0 Å². The molecule has 2 fully saturated rings. The van der Waals surface area contributed by atoms with Crippen LogP contribution in [0.3, 0.4) is 0 Å². The molecule has 0 radical (unpaired) electrons. The van der Waals surface area contributed by atoms with Crippen molar-refractivity contribution < 1.29 is 75.1 Å². The number of aromatic nitrogens is 4. The number of pyridine rings is 4. The van der Waals surface area contributed by atoms with Crippen LogP contribution in [0.1, 0.15) is 61.5 Å². The molecule has 33 nitrogen and oxygen atoms in total. The summed E-state index contributed by atoms with van der Waals surface area (Å²) in [4.78, 5) is 103. The van der Waals surface area contributed by atoms with Crippen LogP contribution < -0.4 is 88.4 Å². The Kier molecular flexibility index (Phi) is 31.3. The van der Waals surface area contributed by atoms with Crippen LogP contribution in [0.4, 0.5) is 82.2 Å². The predicted molar refractivity (Wildman–Crippen MR) is 555 cm³/mol. The highest BCUT2D eigenvalue weighted by atomic mass is 35.5. The fourth-order valence-corrected chi connectivity index (χ4v) is 24.1. The van der Waals surface area contributed by atoms with Gasteiger partial charge in [-0.2, -0.15) is 0 Å². The van der Waals surface area contributed by atoms with Gasteiger partial charge in [0.2, 0.25) is 0 Å². The number of carbonyl (C=O) groups is 4. The zero-order valence-electron chi connectivity index (χ0n) is 75.6. The van der Waals surface area contributed by atoms with Gasteiger partial charge in [-0.25, -0.2) is 89.3 Å². The summed E-state index contributed by atoms with van der Waals surface area (Å²) in [6, 6.07) is 46.3. The predicted octanol–water partition coefficient (Wildman–Crippen LogP) is 19.7. The zero-order valence-corrected chi connectivity index (χ0v) is 84.4. The maximum Gasteiger partial charge on any atom is 0.333 e. The second-order valence-corrected chi connectivity index (χ2v) is 45.8. The van der Waals surface area contributed by atoms with E-state index in [9.17, 15) is 89.6 Å². The number of thiophene rings is 4. The fourth-order valence-electron chi connectivity index (χ4n) is 14.7. The number of aryl methyl sites for hydroxylation is 2. The lowest BCUT2D eigenvalue weighted by molar-refractivity contribution is 0.255. The lowest BCUT2D eigenvalue weighted by atomic mass is 10.1. The van der Waals surface area contributed by atoms with Gasteiger partial charge < -0.3 is 47.3 Å². The van der Waals surface area contributed by atoms with Crippen molar-refractivity contribution in [2.45, 2.75) is 75.1 Å². The van der Waals surface area contributed by atoms with E-state index >= 15 is 0 Å². The topological polar surface area (TPSA) is 446 Å². The normalized spacial score (nSPS) is 12.5. The van der Waals surface area contributed by atoms with Crippen LogP contribution in [0.25, 0.3) is 65.8 Å². The largest absolute Gasteiger partial charge is 0.491 e. The number of halogens is 7. The smallest absolute Gasteiger partial charge is 0.333 e. The molecule has 0 saturated heterocycles. The average molecular weight is 2160 g/mol. The summed E-state index contributed by atoms with van der Waals surface area (Å²) in [5, 5.41) is 24.4. The fraction of sp³-hybridized carbons (Fsp3) is 0.158. The molecule has 16 aromatic rings. The van der Waals surface area contributed by atoms with E-state index in [1.807, 2.05) is 32.7 Å². The van der Waals surface area contributed by atoms with Crippen LogP contribution >= 0.6 is 80.1 Å². The molecule has 0 spiro atoms. The number of fused-ring (bicyclic) bond motifs is 4. The molecule has 8 heterocycles. The minimum atomic E-state index is -4.12. The molecule has 742 valence electrons. The molecular weight excluding hydrogens is 2080 g/mol. The molecule has 0 bridgehead atoms. The number of urea groups is 4. The molecule has 2 saturated carbocycles. The molecule has 0 unspecified atom stereocenters. The lowest BCUT2D eigenvalue weighted by Gasteiger charge is -2.16.